The summed E-state index contributed by atoms with van der Waals surface area (Å²) >= 11 is 3.77. The molecule has 1 saturated carbocycles. The minimum atomic E-state index is 0.639. The van der Waals surface area contributed by atoms with Crippen molar-refractivity contribution in [1.29, 1.82) is 0 Å². The number of hydrogen-bond acceptors (Lipinski definition) is 0. The van der Waals surface area contributed by atoms with Gasteiger partial charge in [-0.1, -0.05) is 44.3 Å². The van der Waals surface area contributed by atoms with Crippen molar-refractivity contribution in [2.24, 2.45) is 5.92 Å². The van der Waals surface area contributed by atoms with Gasteiger partial charge in [0.05, 0.1) is 0 Å². The number of allylic oxidation sites excluding steroid dienone is 6. The van der Waals surface area contributed by atoms with E-state index in [-0.39, 0.29) is 0 Å². The maximum absolute atomic E-state index is 3.77. The van der Waals surface area contributed by atoms with Gasteiger partial charge in [0.15, 0.2) is 0 Å². The minimum Gasteiger partial charge on any atom is -0.0762 e. The van der Waals surface area contributed by atoms with Crippen molar-refractivity contribution in [3.8, 4) is 0 Å². The van der Waals surface area contributed by atoms with E-state index in [1.807, 2.05) is 0 Å². The summed E-state index contributed by atoms with van der Waals surface area (Å²) in [6.45, 7) is 11.0. The average molecular weight is 283 g/mol. The second kappa shape index (κ2) is 5.86. The van der Waals surface area contributed by atoms with Crippen LogP contribution in [0.1, 0.15) is 53.9 Å². The molecule has 1 rings (SSSR count). The van der Waals surface area contributed by atoms with Crippen LogP contribution in [0.3, 0.4) is 0 Å². The second-order valence-electron chi connectivity index (χ2n) is 5.22. The zero-order valence-electron chi connectivity index (χ0n) is 11.2. The average Bonchev–Trinajstić information content (AvgIpc) is 2.63. The SMILES string of the molecule is CC(C)=C/C(C)=C1\CCCC1C(Br)=C(C)C. The first kappa shape index (κ1) is 13.8. The maximum Gasteiger partial charge on any atom is 0.0119 e. The molecule has 0 aromatic heterocycles. The lowest BCUT2D eigenvalue weighted by Crippen LogP contribution is -2.00. The molecule has 1 atom stereocenters. The fourth-order valence-electron chi connectivity index (χ4n) is 2.47. The summed E-state index contributed by atoms with van der Waals surface area (Å²) in [5.41, 5.74) is 5.91. The molecule has 1 unspecified atom stereocenters. The third-order valence-corrected chi connectivity index (χ3v) is 4.50. The van der Waals surface area contributed by atoms with Gasteiger partial charge < -0.3 is 0 Å². The molecule has 0 spiro atoms. The lowest BCUT2D eigenvalue weighted by atomic mass is 9.95. The molecular formula is C15H23Br. The minimum absolute atomic E-state index is 0.639. The van der Waals surface area contributed by atoms with Gasteiger partial charge in [-0.25, -0.2) is 0 Å². The van der Waals surface area contributed by atoms with Gasteiger partial charge in [-0.3, -0.25) is 0 Å². The molecule has 1 aliphatic carbocycles. The Balaban J connectivity index is 3.06. The first-order valence-corrected chi connectivity index (χ1v) is 6.90. The summed E-state index contributed by atoms with van der Waals surface area (Å²) in [5, 5.41) is 0. The zero-order valence-corrected chi connectivity index (χ0v) is 12.7. The van der Waals surface area contributed by atoms with Gasteiger partial charge in [0.2, 0.25) is 0 Å². The molecule has 1 aliphatic rings. The van der Waals surface area contributed by atoms with Gasteiger partial charge in [-0.2, -0.15) is 0 Å². The summed E-state index contributed by atoms with van der Waals surface area (Å²) in [6, 6.07) is 0. The topological polar surface area (TPSA) is 0 Å². The van der Waals surface area contributed by atoms with Crippen LogP contribution in [0.15, 0.2) is 32.9 Å². The molecule has 0 amide bonds. The summed E-state index contributed by atoms with van der Waals surface area (Å²) in [5.74, 6) is 0.639. The van der Waals surface area contributed by atoms with E-state index in [0.29, 0.717) is 5.92 Å². The third-order valence-electron chi connectivity index (χ3n) is 3.15. The molecule has 0 aliphatic heterocycles. The Morgan fingerprint density at radius 2 is 1.81 bits per heavy atom. The van der Waals surface area contributed by atoms with Crippen LogP contribution < -0.4 is 0 Å². The van der Waals surface area contributed by atoms with Crippen molar-refractivity contribution in [2.45, 2.75) is 53.9 Å². The lowest BCUT2D eigenvalue weighted by molar-refractivity contribution is 0.748. The smallest absolute Gasteiger partial charge is 0.0119 e. The standard InChI is InChI=1S/C15H23Br/c1-10(2)9-12(5)13-7-6-8-14(13)15(16)11(3)4/h9,14H,6-8H2,1-5H3/b13-12+. The predicted molar refractivity (Wildman–Crippen MR) is 76.8 cm³/mol. The van der Waals surface area contributed by atoms with E-state index in [1.54, 1.807) is 5.57 Å². The van der Waals surface area contributed by atoms with Crippen molar-refractivity contribution >= 4 is 15.9 Å². The first-order chi connectivity index (χ1) is 7.43. The molecule has 0 aromatic carbocycles. The van der Waals surface area contributed by atoms with Crippen molar-refractivity contribution in [3.63, 3.8) is 0 Å². The first-order valence-electron chi connectivity index (χ1n) is 6.11. The van der Waals surface area contributed by atoms with Crippen molar-refractivity contribution in [1.82, 2.24) is 0 Å². The van der Waals surface area contributed by atoms with E-state index >= 15 is 0 Å². The van der Waals surface area contributed by atoms with E-state index in [0.717, 1.165) is 0 Å². The Bertz CT molecular complexity index is 348. The normalized spacial score (nSPS) is 23.0. The van der Waals surface area contributed by atoms with Crippen LogP contribution in [-0.2, 0) is 0 Å². The Morgan fingerprint density at radius 1 is 1.19 bits per heavy atom. The predicted octanol–water partition coefficient (Wildman–Crippen LogP) is 5.76. The van der Waals surface area contributed by atoms with E-state index in [4.69, 9.17) is 0 Å². The van der Waals surface area contributed by atoms with Gasteiger partial charge in [0.25, 0.3) is 0 Å². The van der Waals surface area contributed by atoms with Gasteiger partial charge in [0.1, 0.15) is 0 Å². The Labute approximate surface area is 109 Å². The highest BCUT2D eigenvalue weighted by molar-refractivity contribution is 9.11. The summed E-state index contributed by atoms with van der Waals surface area (Å²) < 4.78 is 1.40. The van der Waals surface area contributed by atoms with Crippen LogP contribution in [0, 0.1) is 5.92 Å². The van der Waals surface area contributed by atoms with Gasteiger partial charge in [-0.05, 0) is 53.9 Å². The van der Waals surface area contributed by atoms with E-state index in [9.17, 15) is 0 Å². The van der Waals surface area contributed by atoms with E-state index < -0.39 is 0 Å². The highest BCUT2D eigenvalue weighted by atomic mass is 79.9. The molecule has 0 heterocycles. The van der Waals surface area contributed by atoms with Crippen LogP contribution in [0.4, 0.5) is 0 Å². The third kappa shape index (κ3) is 3.35. The molecule has 0 saturated heterocycles. The summed E-state index contributed by atoms with van der Waals surface area (Å²) in [7, 11) is 0. The van der Waals surface area contributed by atoms with Gasteiger partial charge in [0, 0.05) is 10.4 Å². The molecule has 16 heavy (non-hydrogen) atoms. The van der Waals surface area contributed by atoms with Crippen LogP contribution in [0.25, 0.3) is 0 Å². The molecule has 0 nitrogen and oxygen atoms in total. The molecule has 1 heteroatoms. The quantitative estimate of drug-likeness (QED) is 0.604. The van der Waals surface area contributed by atoms with Crippen molar-refractivity contribution in [2.75, 3.05) is 0 Å². The number of halogens is 1. The lowest BCUT2D eigenvalue weighted by Gasteiger charge is -2.15. The second-order valence-corrected chi connectivity index (χ2v) is 6.08. The summed E-state index contributed by atoms with van der Waals surface area (Å²) in [4.78, 5) is 0. The van der Waals surface area contributed by atoms with Crippen LogP contribution in [0.2, 0.25) is 0 Å². The molecule has 0 bridgehead atoms. The fourth-order valence-corrected chi connectivity index (χ4v) is 2.98. The fraction of sp³-hybridized carbons (Fsp3) is 0.600. The highest BCUT2D eigenvalue weighted by Crippen LogP contribution is 2.41. The van der Waals surface area contributed by atoms with Gasteiger partial charge in [-0.15, -0.1) is 0 Å². The largest absolute Gasteiger partial charge is 0.0762 e. The number of rotatable bonds is 2. The molecule has 90 valence electrons. The molecule has 0 N–H and O–H groups in total. The maximum atomic E-state index is 3.77. The highest BCUT2D eigenvalue weighted by Gasteiger charge is 2.25. The molecule has 0 radical (unpaired) electrons. The Morgan fingerprint density at radius 3 is 2.31 bits per heavy atom. The van der Waals surface area contributed by atoms with Crippen LogP contribution in [-0.4, -0.2) is 0 Å². The summed E-state index contributed by atoms with van der Waals surface area (Å²) in [6.07, 6.45) is 6.22. The van der Waals surface area contributed by atoms with E-state index in [1.165, 1.54) is 40.5 Å². The molecular weight excluding hydrogens is 260 g/mol. The monoisotopic (exact) mass is 282 g/mol. The van der Waals surface area contributed by atoms with Gasteiger partial charge >= 0.3 is 0 Å². The zero-order chi connectivity index (χ0) is 12.3. The van der Waals surface area contributed by atoms with Crippen LogP contribution >= 0.6 is 15.9 Å². The Hall–Kier alpha value is -0.300. The molecule has 0 aromatic rings. The number of hydrogen-bond donors (Lipinski definition) is 0. The van der Waals surface area contributed by atoms with Crippen LogP contribution in [0.5, 0.6) is 0 Å². The van der Waals surface area contributed by atoms with Crippen molar-refractivity contribution in [3.05, 3.63) is 32.9 Å². The molecule has 1 fully saturated rings. The van der Waals surface area contributed by atoms with Crippen molar-refractivity contribution < 1.29 is 0 Å². The Kier molecular flexibility index (Phi) is 5.04. The van der Waals surface area contributed by atoms with E-state index in [2.05, 4.69) is 56.6 Å².